The average Bonchev–Trinajstić information content (AvgIpc) is 3.10. The topological polar surface area (TPSA) is 66.5 Å². The summed E-state index contributed by atoms with van der Waals surface area (Å²) in [5.41, 5.74) is 2.33. The van der Waals surface area contributed by atoms with Gasteiger partial charge in [-0.1, -0.05) is 42.7 Å². The molecule has 140 valence electrons. The number of rotatable bonds is 8. The van der Waals surface area contributed by atoms with Gasteiger partial charge in [-0.2, -0.15) is 0 Å². The maximum atomic E-state index is 12.2. The van der Waals surface area contributed by atoms with E-state index in [0.717, 1.165) is 31.2 Å². The summed E-state index contributed by atoms with van der Waals surface area (Å²) in [6.07, 6.45) is 3.52. The molecule has 1 aromatic rings. The Balaban J connectivity index is 1.85. The molecule has 0 aromatic heterocycles. The van der Waals surface area contributed by atoms with E-state index >= 15 is 0 Å². The average molecular weight is 367 g/mol. The van der Waals surface area contributed by atoms with Crippen LogP contribution in [0.3, 0.4) is 0 Å². The van der Waals surface area contributed by atoms with E-state index in [0.29, 0.717) is 6.54 Å². The van der Waals surface area contributed by atoms with Crippen LogP contribution >= 0.6 is 0 Å². The number of nitrogens with zero attached hydrogens (tertiary/aromatic N) is 1. The lowest BCUT2D eigenvalue weighted by Crippen LogP contribution is -2.35. The second-order valence-corrected chi connectivity index (χ2v) is 9.62. The third kappa shape index (κ3) is 5.82. The summed E-state index contributed by atoms with van der Waals surface area (Å²) in [7, 11) is 0.809. The predicted octanol–water partition coefficient (Wildman–Crippen LogP) is 2.46. The maximum absolute atomic E-state index is 12.2. The Morgan fingerprint density at radius 3 is 2.36 bits per heavy atom. The second-order valence-electron chi connectivity index (χ2n) is 7.22. The van der Waals surface area contributed by atoms with Crippen molar-refractivity contribution < 1.29 is 13.2 Å². The van der Waals surface area contributed by atoms with Crippen molar-refractivity contribution in [2.24, 2.45) is 0 Å². The lowest BCUT2D eigenvalue weighted by molar-refractivity contribution is -0.120. The van der Waals surface area contributed by atoms with E-state index in [1.165, 1.54) is 5.56 Å². The Labute approximate surface area is 151 Å². The molecule has 1 amide bonds. The fourth-order valence-corrected chi connectivity index (χ4v) is 5.19. The van der Waals surface area contributed by atoms with Gasteiger partial charge < -0.3 is 10.2 Å². The molecule has 1 saturated carbocycles. The summed E-state index contributed by atoms with van der Waals surface area (Å²) in [5.74, 6) is -0.235. The highest BCUT2D eigenvalue weighted by Crippen LogP contribution is 2.25. The molecular formula is C19H30N2O3S. The highest BCUT2D eigenvalue weighted by atomic mass is 32.2. The number of sulfone groups is 1. The van der Waals surface area contributed by atoms with Crippen molar-refractivity contribution in [3.8, 4) is 0 Å². The van der Waals surface area contributed by atoms with Crippen molar-refractivity contribution in [1.29, 1.82) is 0 Å². The number of nitrogens with one attached hydrogen (secondary N) is 1. The Kier molecular flexibility index (Phi) is 7.02. The normalized spacial score (nSPS) is 17.0. The minimum atomic E-state index is -3.14. The first-order valence-corrected chi connectivity index (χ1v) is 10.7. The van der Waals surface area contributed by atoms with E-state index in [1.807, 2.05) is 21.0 Å². The molecule has 0 aliphatic heterocycles. The predicted molar refractivity (Wildman–Crippen MR) is 101 cm³/mol. The van der Waals surface area contributed by atoms with E-state index in [1.54, 1.807) is 0 Å². The number of hydrogen-bond acceptors (Lipinski definition) is 4. The molecule has 1 aliphatic rings. The zero-order chi connectivity index (χ0) is 18.4. The van der Waals surface area contributed by atoms with Gasteiger partial charge >= 0.3 is 0 Å². The van der Waals surface area contributed by atoms with Gasteiger partial charge in [0, 0.05) is 13.0 Å². The molecule has 25 heavy (non-hydrogen) atoms. The monoisotopic (exact) mass is 366 g/mol. The smallest absolute Gasteiger partial charge is 0.221 e. The largest absolute Gasteiger partial charge is 0.354 e. The van der Waals surface area contributed by atoms with Crippen molar-refractivity contribution >= 4 is 15.7 Å². The van der Waals surface area contributed by atoms with Gasteiger partial charge in [0.05, 0.1) is 17.0 Å². The fraction of sp³-hybridized carbons (Fsp3) is 0.632. The number of carbonyl (C=O) groups is 1. The lowest BCUT2D eigenvalue weighted by Gasteiger charge is -2.25. The number of benzene rings is 1. The molecule has 2 rings (SSSR count). The molecule has 1 N–H and O–H groups in total. The van der Waals surface area contributed by atoms with Gasteiger partial charge in [0.25, 0.3) is 0 Å². The van der Waals surface area contributed by atoms with Crippen LogP contribution in [0.15, 0.2) is 24.3 Å². The van der Waals surface area contributed by atoms with Crippen molar-refractivity contribution in [2.75, 3.05) is 26.4 Å². The summed E-state index contributed by atoms with van der Waals surface area (Å²) in [5, 5.41) is 2.66. The number of hydrogen-bond donors (Lipinski definition) is 1. The highest BCUT2D eigenvalue weighted by Gasteiger charge is 2.29. The van der Waals surface area contributed by atoms with Gasteiger partial charge in [-0.3, -0.25) is 4.79 Å². The molecule has 0 spiro atoms. The van der Waals surface area contributed by atoms with Crippen LogP contribution in [0.2, 0.25) is 0 Å². The van der Waals surface area contributed by atoms with Crippen LogP contribution in [0.25, 0.3) is 0 Å². The lowest BCUT2D eigenvalue weighted by atomic mass is 10.0. The van der Waals surface area contributed by atoms with Crippen LogP contribution in [0.1, 0.15) is 49.3 Å². The van der Waals surface area contributed by atoms with Gasteiger partial charge in [-0.15, -0.1) is 0 Å². The van der Waals surface area contributed by atoms with Gasteiger partial charge in [0.2, 0.25) is 5.91 Å². The standard InChI is InChI=1S/C19H30N2O3S/c1-15-8-10-16(11-9-15)18(21(2)3)14-20-19(22)12-13-25(23,24)17-6-4-5-7-17/h8-11,17-18H,4-7,12-14H2,1-3H3,(H,20,22). The van der Waals surface area contributed by atoms with E-state index in [2.05, 4.69) is 34.5 Å². The third-order valence-corrected chi connectivity index (χ3v) is 7.26. The first-order valence-electron chi connectivity index (χ1n) is 9.01. The molecule has 0 radical (unpaired) electrons. The molecular weight excluding hydrogens is 336 g/mol. The first kappa shape index (κ1) is 19.9. The zero-order valence-corrected chi connectivity index (χ0v) is 16.3. The number of amides is 1. The summed E-state index contributed by atoms with van der Waals surface area (Å²) in [4.78, 5) is 14.2. The molecule has 1 unspecified atom stereocenters. The van der Waals surface area contributed by atoms with Crippen LogP contribution in [-0.4, -0.2) is 50.9 Å². The van der Waals surface area contributed by atoms with E-state index in [4.69, 9.17) is 0 Å². The van der Waals surface area contributed by atoms with Crippen LogP contribution in [0.4, 0.5) is 0 Å². The van der Waals surface area contributed by atoms with Crippen LogP contribution in [-0.2, 0) is 14.6 Å². The maximum Gasteiger partial charge on any atom is 0.221 e. The van der Waals surface area contributed by atoms with E-state index in [9.17, 15) is 13.2 Å². The fourth-order valence-electron chi connectivity index (χ4n) is 3.34. The molecule has 1 fully saturated rings. The molecule has 0 bridgehead atoms. The minimum Gasteiger partial charge on any atom is -0.354 e. The van der Waals surface area contributed by atoms with Crippen molar-refractivity contribution in [2.45, 2.75) is 50.3 Å². The Morgan fingerprint density at radius 1 is 1.20 bits per heavy atom. The SMILES string of the molecule is Cc1ccc(C(CNC(=O)CCS(=O)(=O)C2CCCC2)N(C)C)cc1. The van der Waals surface area contributed by atoms with Crippen LogP contribution < -0.4 is 5.32 Å². The Morgan fingerprint density at radius 2 is 1.80 bits per heavy atom. The number of likely N-dealkylation sites (N-methyl/N-ethyl adjacent to an activating group) is 1. The molecule has 0 heterocycles. The summed E-state index contributed by atoms with van der Waals surface area (Å²) in [6, 6.07) is 8.31. The molecule has 1 atom stereocenters. The summed E-state index contributed by atoms with van der Waals surface area (Å²) in [6.45, 7) is 2.51. The van der Waals surface area contributed by atoms with Crippen LogP contribution in [0, 0.1) is 6.92 Å². The molecule has 6 heteroatoms. The van der Waals surface area contributed by atoms with Crippen LogP contribution in [0.5, 0.6) is 0 Å². The Hall–Kier alpha value is -1.40. The van der Waals surface area contributed by atoms with Gasteiger partial charge in [0.1, 0.15) is 0 Å². The third-order valence-electron chi connectivity index (χ3n) is 5.00. The quantitative estimate of drug-likeness (QED) is 0.767. The summed E-state index contributed by atoms with van der Waals surface area (Å²) < 4.78 is 24.5. The van der Waals surface area contributed by atoms with Crippen molar-refractivity contribution in [1.82, 2.24) is 10.2 Å². The van der Waals surface area contributed by atoms with Crippen molar-refractivity contribution in [3.63, 3.8) is 0 Å². The summed E-state index contributed by atoms with van der Waals surface area (Å²) >= 11 is 0. The Bertz CT molecular complexity index is 662. The number of carbonyl (C=O) groups excluding carboxylic acids is 1. The van der Waals surface area contributed by atoms with Gasteiger partial charge in [-0.05, 0) is 39.4 Å². The van der Waals surface area contributed by atoms with E-state index < -0.39 is 9.84 Å². The zero-order valence-electron chi connectivity index (χ0n) is 15.5. The van der Waals surface area contributed by atoms with Gasteiger partial charge in [0.15, 0.2) is 9.84 Å². The molecule has 1 aromatic carbocycles. The highest BCUT2D eigenvalue weighted by molar-refractivity contribution is 7.92. The van der Waals surface area contributed by atoms with Crippen molar-refractivity contribution in [3.05, 3.63) is 35.4 Å². The molecule has 1 aliphatic carbocycles. The molecule has 0 saturated heterocycles. The van der Waals surface area contributed by atoms with E-state index in [-0.39, 0.29) is 29.4 Å². The number of aryl methyl sites for hydroxylation is 1. The first-order chi connectivity index (χ1) is 11.8. The second kappa shape index (κ2) is 8.81. The molecule has 5 nitrogen and oxygen atoms in total. The van der Waals surface area contributed by atoms with Gasteiger partial charge in [-0.25, -0.2) is 8.42 Å². The minimum absolute atomic E-state index is 0.0410.